The van der Waals surface area contributed by atoms with Crippen LogP contribution < -0.4 is 0 Å². The minimum atomic E-state index is -0.252. The lowest BCUT2D eigenvalue weighted by Crippen LogP contribution is -2.34. The van der Waals surface area contributed by atoms with Gasteiger partial charge in [0.15, 0.2) is 5.78 Å². The summed E-state index contributed by atoms with van der Waals surface area (Å²) in [6, 6.07) is 5.52. The van der Waals surface area contributed by atoms with Crippen molar-refractivity contribution in [1.82, 2.24) is 4.90 Å². The predicted octanol–water partition coefficient (Wildman–Crippen LogP) is 1.64. The molecule has 94 valence electrons. The Labute approximate surface area is 106 Å². The second kappa shape index (κ2) is 4.72. The van der Waals surface area contributed by atoms with Crippen molar-refractivity contribution in [3.05, 3.63) is 34.9 Å². The number of hydrogen-bond acceptors (Lipinski definition) is 3. The predicted molar refractivity (Wildman–Crippen MR) is 66.2 cm³/mol. The van der Waals surface area contributed by atoms with Gasteiger partial charge in [-0.25, -0.2) is 0 Å². The number of likely N-dealkylation sites (tertiary alicyclic amines) is 1. The molecule has 0 bridgehead atoms. The zero-order valence-electron chi connectivity index (χ0n) is 10.5. The first kappa shape index (κ1) is 12.5. The summed E-state index contributed by atoms with van der Waals surface area (Å²) in [6.07, 6.45) is 0.442. The minimum absolute atomic E-state index is 0.137. The summed E-state index contributed by atoms with van der Waals surface area (Å²) in [7, 11) is 0. The van der Waals surface area contributed by atoms with Gasteiger partial charge < -0.3 is 0 Å². The van der Waals surface area contributed by atoms with Gasteiger partial charge in [0.2, 0.25) is 11.8 Å². The van der Waals surface area contributed by atoms with Gasteiger partial charge in [-0.3, -0.25) is 19.3 Å². The molecular weight excluding hydrogens is 230 g/mol. The molecule has 1 heterocycles. The second-order valence-electron chi connectivity index (χ2n) is 4.62. The number of benzene rings is 1. The van der Waals surface area contributed by atoms with Crippen molar-refractivity contribution < 1.29 is 14.4 Å². The zero-order valence-corrected chi connectivity index (χ0v) is 10.5. The van der Waals surface area contributed by atoms with Gasteiger partial charge in [-0.15, -0.1) is 0 Å². The van der Waals surface area contributed by atoms with Crippen LogP contribution in [-0.2, 0) is 9.59 Å². The summed E-state index contributed by atoms with van der Waals surface area (Å²) in [4.78, 5) is 36.0. The first-order valence-electron chi connectivity index (χ1n) is 5.92. The van der Waals surface area contributed by atoms with Gasteiger partial charge in [0.25, 0.3) is 0 Å². The Morgan fingerprint density at radius 1 is 1.17 bits per heavy atom. The van der Waals surface area contributed by atoms with E-state index in [4.69, 9.17) is 0 Å². The summed E-state index contributed by atoms with van der Waals surface area (Å²) < 4.78 is 0. The van der Waals surface area contributed by atoms with Crippen LogP contribution >= 0.6 is 0 Å². The van der Waals surface area contributed by atoms with Crippen molar-refractivity contribution in [2.75, 3.05) is 6.54 Å². The highest BCUT2D eigenvalue weighted by Crippen LogP contribution is 2.15. The van der Waals surface area contributed by atoms with Gasteiger partial charge >= 0.3 is 0 Å². The van der Waals surface area contributed by atoms with E-state index in [1.54, 1.807) is 6.07 Å². The van der Waals surface area contributed by atoms with Gasteiger partial charge in [-0.2, -0.15) is 0 Å². The molecule has 1 aliphatic rings. The number of carbonyl (C=O) groups is 3. The fraction of sp³-hybridized carbons (Fsp3) is 0.357. The van der Waals surface area contributed by atoms with Crippen LogP contribution in [0.15, 0.2) is 18.2 Å². The van der Waals surface area contributed by atoms with Crippen LogP contribution in [0.1, 0.15) is 34.3 Å². The Morgan fingerprint density at radius 2 is 1.78 bits per heavy atom. The lowest BCUT2D eigenvalue weighted by Gasteiger charge is -2.13. The summed E-state index contributed by atoms with van der Waals surface area (Å²) in [6.45, 7) is 3.67. The topological polar surface area (TPSA) is 54.5 Å². The van der Waals surface area contributed by atoms with E-state index in [0.717, 1.165) is 16.0 Å². The van der Waals surface area contributed by atoms with E-state index in [0.29, 0.717) is 5.56 Å². The quantitative estimate of drug-likeness (QED) is 0.601. The molecule has 18 heavy (non-hydrogen) atoms. The molecule has 1 aromatic rings. The molecule has 0 spiro atoms. The maximum absolute atomic E-state index is 12.1. The number of nitrogens with zero attached hydrogens (tertiary/aromatic N) is 1. The first-order chi connectivity index (χ1) is 8.49. The fourth-order valence-corrected chi connectivity index (χ4v) is 2.15. The van der Waals surface area contributed by atoms with Crippen LogP contribution in [-0.4, -0.2) is 29.0 Å². The summed E-state index contributed by atoms with van der Waals surface area (Å²) in [5.41, 5.74) is 2.53. The normalized spacial score (nSPS) is 15.3. The molecule has 0 radical (unpaired) electrons. The molecule has 1 aliphatic heterocycles. The van der Waals surface area contributed by atoms with Crippen molar-refractivity contribution in [2.45, 2.75) is 26.7 Å². The lowest BCUT2D eigenvalue weighted by atomic mass is 10.0. The maximum atomic E-state index is 12.1. The van der Waals surface area contributed by atoms with Crippen LogP contribution in [0.5, 0.6) is 0 Å². The SMILES string of the molecule is Cc1ccc(C(=O)CN2C(=O)CCC2=O)c(C)c1. The number of hydrogen-bond donors (Lipinski definition) is 0. The van der Waals surface area contributed by atoms with Crippen LogP contribution in [0.3, 0.4) is 0 Å². The van der Waals surface area contributed by atoms with Crippen molar-refractivity contribution in [3.8, 4) is 0 Å². The van der Waals surface area contributed by atoms with Gasteiger partial charge in [0.1, 0.15) is 0 Å². The molecule has 2 rings (SSSR count). The Balaban J connectivity index is 2.17. The molecule has 4 nitrogen and oxygen atoms in total. The van der Waals surface area contributed by atoms with Gasteiger partial charge in [-0.05, 0) is 19.4 Å². The fourth-order valence-electron chi connectivity index (χ4n) is 2.15. The monoisotopic (exact) mass is 245 g/mol. The molecule has 0 atom stereocenters. The maximum Gasteiger partial charge on any atom is 0.230 e. The Hall–Kier alpha value is -1.97. The molecule has 0 aliphatic carbocycles. The number of aryl methyl sites for hydroxylation is 2. The Morgan fingerprint density at radius 3 is 2.33 bits per heavy atom. The summed E-state index contributed by atoms with van der Waals surface area (Å²) in [5, 5.41) is 0. The van der Waals surface area contributed by atoms with Crippen molar-refractivity contribution in [1.29, 1.82) is 0 Å². The third kappa shape index (κ3) is 2.32. The second-order valence-corrected chi connectivity index (χ2v) is 4.62. The van der Waals surface area contributed by atoms with Crippen molar-refractivity contribution in [2.24, 2.45) is 0 Å². The van der Waals surface area contributed by atoms with Crippen LogP contribution in [0.25, 0.3) is 0 Å². The number of Topliss-reactive ketones (excluding diaryl/α,β-unsaturated/α-hetero) is 1. The van der Waals surface area contributed by atoms with Crippen molar-refractivity contribution >= 4 is 17.6 Å². The molecule has 0 aromatic heterocycles. The van der Waals surface area contributed by atoms with E-state index >= 15 is 0 Å². The smallest absolute Gasteiger partial charge is 0.230 e. The number of amides is 2. The van der Waals surface area contributed by atoms with E-state index in [2.05, 4.69) is 0 Å². The highest BCUT2D eigenvalue weighted by atomic mass is 16.2. The average molecular weight is 245 g/mol. The zero-order chi connectivity index (χ0) is 13.3. The molecule has 2 amide bonds. The van der Waals surface area contributed by atoms with Crippen LogP contribution in [0.2, 0.25) is 0 Å². The number of imide groups is 1. The largest absolute Gasteiger partial charge is 0.292 e. The minimum Gasteiger partial charge on any atom is -0.292 e. The van der Waals surface area contributed by atoms with E-state index in [1.165, 1.54) is 0 Å². The van der Waals surface area contributed by atoms with Gasteiger partial charge in [0.05, 0.1) is 6.54 Å². The summed E-state index contributed by atoms with van der Waals surface area (Å²) >= 11 is 0. The first-order valence-corrected chi connectivity index (χ1v) is 5.92. The standard InChI is InChI=1S/C14H15NO3/c1-9-3-4-11(10(2)7-9)12(16)8-15-13(17)5-6-14(15)18/h3-4,7H,5-6,8H2,1-2H3. The third-order valence-corrected chi connectivity index (χ3v) is 3.14. The molecule has 1 aromatic carbocycles. The Bertz CT molecular complexity index is 518. The van der Waals surface area contributed by atoms with Crippen LogP contribution in [0.4, 0.5) is 0 Å². The molecule has 0 unspecified atom stereocenters. The molecule has 4 heteroatoms. The number of rotatable bonds is 3. The average Bonchev–Trinajstić information content (AvgIpc) is 2.60. The van der Waals surface area contributed by atoms with E-state index in [9.17, 15) is 14.4 Å². The van der Waals surface area contributed by atoms with E-state index < -0.39 is 0 Å². The number of ketones is 1. The van der Waals surface area contributed by atoms with E-state index in [1.807, 2.05) is 26.0 Å². The molecule has 1 fully saturated rings. The molecular formula is C14H15NO3. The van der Waals surface area contributed by atoms with Gasteiger partial charge in [0, 0.05) is 18.4 Å². The molecule has 0 N–H and O–H groups in total. The summed E-state index contributed by atoms with van der Waals surface area (Å²) in [5.74, 6) is -0.688. The van der Waals surface area contributed by atoms with Gasteiger partial charge in [-0.1, -0.05) is 23.8 Å². The Kier molecular flexibility index (Phi) is 3.28. The molecule has 1 saturated heterocycles. The number of carbonyl (C=O) groups excluding carboxylic acids is 3. The molecule has 0 saturated carbocycles. The third-order valence-electron chi connectivity index (χ3n) is 3.14. The lowest BCUT2D eigenvalue weighted by molar-refractivity contribution is -0.137. The van der Waals surface area contributed by atoms with Crippen molar-refractivity contribution in [3.63, 3.8) is 0 Å². The highest BCUT2D eigenvalue weighted by molar-refractivity contribution is 6.08. The highest BCUT2D eigenvalue weighted by Gasteiger charge is 2.30. The van der Waals surface area contributed by atoms with Crippen LogP contribution in [0, 0.1) is 13.8 Å². The van der Waals surface area contributed by atoms with E-state index in [-0.39, 0.29) is 37.0 Å².